The van der Waals surface area contributed by atoms with E-state index in [1.165, 1.54) is 45.1 Å². The topological polar surface area (TPSA) is 35.5 Å². The third kappa shape index (κ3) is 4.17. The zero-order valence-electron chi connectivity index (χ0n) is 13.0. The van der Waals surface area contributed by atoms with Crippen molar-refractivity contribution in [2.24, 2.45) is 11.8 Å². The van der Waals surface area contributed by atoms with Crippen molar-refractivity contribution in [2.45, 2.75) is 64.0 Å². The van der Waals surface area contributed by atoms with E-state index in [1.54, 1.807) is 0 Å². The minimum Gasteiger partial charge on any atom is -0.394 e. The van der Waals surface area contributed by atoms with Gasteiger partial charge in [-0.3, -0.25) is 0 Å². The van der Waals surface area contributed by atoms with Gasteiger partial charge in [0.2, 0.25) is 0 Å². The highest BCUT2D eigenvalue weighted by Gasteiger charge is 2.44. The van der Waals surface area contributed by atoms with Gasteiger partial charge in [-0.05, 0) is 57.5 Å². The van der Waals surface area contributed by atoms with E-state index in [4.69, 9.17) is 0 Å². The van der Waals surface area contributed by atoms with Gasteiger partial charge in [-0.25, -0.2) is 0 Å². The van der Waals surface area contributed by atoms with Gasteiger partial charge in [-0.2, -0.15) is 0 Å². The van der Waals surface area contributed by atoms with Gasteiger partial charge < -0.3 is 15.3 Å². The molecule has 0 amide bonds. The van der Waals surface area contributed by atoms with Crippen LogP contribution >= 0.6 is 0 Å². The molecule has 0 bridgehead atoms. The molecule has 0 spiro atoms. The van der Waals surface area contributed by atoms with Gasteiger partial charge in [-0.15, -0.1) is 0 Å². The number of aliphatic hydroxyl groups is 1. The molecule has 0 saturated heterocycles. The second-order valence-electron chi connectivity index (χ2n) is 7.27. The summed E-state index contributed by atoms with van der Waals surface area (Å²) in [6.07, 6.45) is 7.57. The molecule has 2 aliphatic rings. The minimum atomic E-state index is 0.0415. The van der Waals surface area contributed by atoms with Gasteiger partial charge in [-0.1, -0.05) is 20.3 Å². The third-order valence-electron chi connectivity index (χ3n) is 4.84. The first-order valence-corrected chi connectivity index (χ1v) is 8.13. The molecule has 2 saturated carbocycles. The second kappa shape index (κ2) is 6.55. The van der Waals surface area contributed by atoms with Crippen molar-refractivity contribution in [2.75, 3.05) is 26.7 Å². The van der Waals surface area contributed by atoms with Crippen LogP contribution in [0.3, 0.4) is 0 Å². The maximum Gasteiger partial charge on any atom is 0.0616 e. The van der Waals surface area contributed by atoms with Crippen molar-refractivity contribution >= 4 is 0 Å². The van der Waals surface area contributed by atoms with Crippen molar-refractivity contribution in [3.8, 4) is 0 Å². The van der Waals surface area contributed by atoms with Crippen molar-refractivity contribution in [3.63, 3.8) is 0 Å². The highest BCUT2D eigenvalue weighted by Crippen LogP contribution is 2.40. The van der Waals surface area contributed by atoms with E-state index >= 15 is 0 Å². The van der Waals surface area contributed by atoms with Gasteiger partial charge >= 0.3 is 0 Å². The van der Waals surface area contributed by atoms with Gasteiger partial charge in [0.1, 0.15) is 0 Å². The van der Waals surface area contributed by atoms with Crippen molar-refractivity contribution in [1.82, 2.24) is 10.2 Å². The molecule has 2 fully saturated rings. The van der Waals surface area contributed by atoms with Crippen LogP contribution in [0.2, 0.25) is 0 Å². The summed E-state index contributed by atoms with van der Waals surface area (Å²) in [4.78, 5) is 2.45. The number of nitrogens with one attached hydrogen (secondary N) is 1. The Bertz CT molecular complexity index is 278. The Morgan fingerprint density at radius 2 is 2.05 bits per heavy atom. The van der Waals surface area contributed by atoms with Crippen LogP contribution in [0.1, 0.15) is 52.4 Å². The van der Waals surface area contributed by atoms with Crippen LogP contribution in [0.5, 0.6) is 0 Å². The van der Waals surface area contributed by atoms with Crippen LogP contribution in [-0.4, -0.2) is 48.3 Å². The Hall–Kier alpha value is -0.120. The van der Waals surface area contributed by atoms with E-state index in [-0.39, 0.29) is 5.54 Å². The number of nitrogens with zero attached hydrogens (tertiary/aromatic N) is 1. The minimum absolute atomic E-state index is 0.0415. The summed E-state index contributed by atoms with van der Waals surface area (Å²) in [6, 6.07) is 0.696. The Morgan fingerprint density at radius 1 is 1.32 bits per heavy atom. The average molecular weight is 268 g/mol. The van der Waals surface area contributed by atoms with Crippen LogP contribution < -0.4 is 5.32 Å². The lowest BCUT2D eigenvalue weighted by atomic mass is 9.85. The Kier molecular flexibility index (Phi) is 5.27. The lowest BCUT2D eigenvalue weighted by molar-refractivity contribution is 0.110. The molecule has 0 aromatic carbocycles. The van der Waals surface area contributed by atoms with E-state index in [9.17, 15) is 5.11 Å². The number of hydrogen-bond acceptors (Lipinski definition) is 3. The maximum atomic E-state index is 9.90. The summed E-state index contributed by atoms with van der Waals surface area (Å²) >= 11 is 0. The Labute approximate surface area is 118 Å². The summed E-state index contributed by atoms with van der Waals surface area (Å²) in [7, 11) is 2.23. The molecular formula is C16H32N2O. The molecule has 3 nitrogen and oxygen atoms in total. The Balaban J connectivity index is 1.83. The summed E-state index contributed by atoms with van der Waals surface area (Å²) < 4.78 is 0. The predicted octanol–water partition coefficient (Wildman–Crippen LogP) is 2.25. The molecule has 0 aromatic rings. The number of hydrogen-bond donors (Lipinski definition) is 2. The van der Waals surface area contributed by atoms with Crippen LogP contribution in [0.25, 0.3) is 0 Å². The molecule has 0 aliphatic heterocycles. The largest absolute Gasteiger partial charge is 0.394 e. The summed E-state index contributed by atoms with van der Waals surface area (Å²) in [5.41, 5.74) is 0.0415. The average Bonchev–Trinajstić information content (AvgIpc) is 3.05. The van der Waals surface area contributed by atoms with Gasteiger partial charge in [0.05, 0.1) is 6.61 Å². The summed E-state index contributed by atoms with van der Waals surface area (Å²) in [5.74, 6) is 1.40. The smallest absolute Gasteiger partial charge is 0.0616 e. The normalized spacial score (nSPS) is 31.6. The third-order valence-corrected chi connectivity index (χ3v) is 4.84. The van der Waals surface area contributed by atoms with Crippen molar-refractivity contribution < 1.29 is 5.11 Å². The molecule has 2 aliphatic carbocycles. The SMILES string of the molecule is CC(C)CN(C)CCC1CCCC1(CO)NC1CC1. The molecule has 3 heteroatoms. The molecule has 19 heavy (non-hydrogen) atoms. The first kappa shape index (κ1) is 15.3. The fraction of sp³-hybridized carbons (Fsp3) is 1.00. The number of rotatable bonds is 8. The van der Waals surface area contributed by atoms with Gasteiger partial charge in [0.25, 0.3) is 0 Å². The first-order valence-electron chi connectivity index (χ1n) is 8.13. The molecule has 0 aromatic heterocycles. The molecule has 0 radical (unpaired) electrons. The molecule has 2 unspecified atom stereocenters. The van der Waals surface area contributed by atoms with Crippen LogP contribution in [0.4, 0.5) is 0 Å². The molecular weight excluding hydrogens is 236 g/mol. The van der Waals surface area contributed by atoms with Crippen LogP contribution in [-0.2, 0) is 0 Å². The fourth-order valence-electron chi connectivity index (χ4n) is 3.73. The standard InChI is InChI=1S/C16H32N2O/c1-13(2)11-18(3)10-8-14-5-4-9-16(14,12-19)17-15-6-7-15/h13-15,17,19H,4-12H2,1-3H3. The maximum absolute atomic E-state index is 9.90. The molecule has 0 heterocycles. The van der Waals surface area contributed by atoms with Crippen molar-refractivity contribution in [3.05, 3.63) is 0 Å². The fourth-order valence-corrected chi connectivity index (χ4v) is 3.73. The molecule has 112 valence electrons. The Morgan fingerprint density at radius 3 is 2.63 bits per heavy atom. The van der Waals surface area contributed by atoms with Crippen LogP contribution in [0.15, 0.2) is 0 Å². The molecule has 2 N–H and O–H groups in total. The monoisotopic (exact) mass is 268 g/mol. The second-order valence-corrected chi connectivity index (χ2v) is 7.27. The van der Waals surface area contributed by atoms with E-state index in [1.807, 2.05) is 0 Å². The van der Waals surface area contributed by atoms with Crippen LogP contribution in [0, 0.1) is 11.8 Å². The summed E-state index contributed by atoms with van der Waals surface area (Å²) in [5, 5.41) is 13.7. The lowest BCUT2D eigenvalue weighted by Crippen LogP contribution is -2.53. The zero-order valence-corrected chi connectivity index (χ0v) is 13.0. The quantitative estimate of drug-likeness (QED) is 0.709. The van der Waals surface area contributed by atoms with Gasteiger partial charge in [0.15, 0.2) is 0 Å². The van der Waals surface area contributed by atoms with E-state index in [0.717, 1.165) is 12.5 Å². The zero-order chi connectivity index (χ0) is 13.9. The number of aliphatic hydroxyl groups excluding tert-OH is 1. The molecule has 2 atom stereocenters. The highest BCUT2D eigenvalue weighted by atomic mass is 16.3. The highest BCUT2D eigenvalue weighted by molar-refractivity contribution is 5.03. The first-order chi connectivity index (χ1) is 9.05. The van der Waals surface area contributed by atoms with E-state index < -0.39 is 0 Å². The lowest BCUT2D eigenvalue weighted by Gasteiger charge is -2.36. The van der Waals surface area contributed by atoms with Gasteiger partial charge in [0, 0.05) is 18.1 Å². The van der Waals surface area contributed by atoms with E-state index in [0.29, 0.717) is 18.6 Å². The summed E-state index contributed by atoms with van der Waals surface area (Å²) in [6.45, 7) is 7.21. The van der Waals surface area contributed by atoms with Crippen molar-refractivity contribution in [1.29, 1.82) is 0 Å². The predicted molar refractivity (Wildman–Crippen MR) is 80.3 cm³/mol. The molecule has 2 rings (SSSR count). The van der Waals surface area contributed by atoms with E-state index in [2.05, 4.69) is 31.1 Å².